The Bertz CT molecular complexity index is 770. The van der Waals surface area contributed by atoms with Crippen LogP contribution in [0.5, 0.6) is 0 Å². The van der Waals surface area contributed by atoms with E-state index in [0.717, 1.165) is 22.0 Å². The van der Waals surface area contributed by atoms with Gasteiger partial charge < -0.3 is 0 Å². The highest BCUT2D eigenvalue weighted by molar-refractivity contribution is 7.13. The van der Waals surface area contributed by atoms with Crippen LogP contribution in [0.3, 0.4) is 0 Å². The lowest BCUT2D eigenvalue weighted by molar-refractivity contribution is 1.29. The highest BCUT2D eigenvalue weighted by Crippen LogP contribution is 2.28. The molecule has 3 nitrogen and oxygen atoms in total. The van der Waals surface area contributed by atoms with Gasteiger partial charge in [0.1, 0.15) is 5.01 Å². The smallest absolute Gasteiger partial charge is 0.142 e. The number of pyridine rings is 1. The first-order valence-electron chi connectivity index (χ1n) is 5.84. The Kier molecular flexibility index (Phi) is 3.46. The summed E-state index contributed by atoms with van der Waals surface area (Å²) < 4.78 is 0. The van der Waals surface area contributed by atoms with Crippen molar-refractivity contribution in [2.75, 3.05) is 0 Å². The van der Waals surface area contributed by atoms with Crippen LogP contribution in [0.15, 0.2) is 48.0 Å². The molecule has 0 N–H and O–H groups in total. The number of rotatable bonds is 2. The first kappa shape index (κ1) is 12.8. The molecule has 1 aromatic carbocycles. The van der Waals surface area contributed by atoms with Crippen LogP contribution in [0.25, 0.3) is 22.0 Å². The summed E-state index contributed by atoms with van der Waals surface area (Å²) in [5.74, 6) is 0. The fourth-order valence-electron chi connectivity index (χ4n) is 1.74. The van der Waals surface area contributed by atoms with E-state index < -0.39 is 0 Å². The van der Waals surface area contributed by atoms with Crippen LogP contribution in [-0.2, 0) is 0 Å². The van der Waals surface area contributed by atoms with E-state index in [1.165, 1.54) is 11.3 Å². The van der Waals surface area contributed by atoms with Gasteiger partial charge >= 0.3 is 0 Å². The van der Waals surface area contributed by atoms with Crippen LogP contribution in [-0.4, -0.2) is 9.97 Å². The number of nitrogens with zero attached hydrogens (tertiary/aromatic N) is 3. The molecule has 0 spiro atoms. The Morgan fingerprint density at radius 2 is 1.85 bits per heavy atom. The summed E-state index contributed by atoms with van der Waals surface area (Å²) in [6.45, 7) is 0. The first-order chi connectivity index (χ1) is 9.76. The zero-order valence-corrected chi connectivity index (χ0v) is 11.8. The predicted octanol–water partition coefficient (Wildman–Crippen LogP) is 4.40. The SMILES string of the molecule is N#Cc1ccc(-c2csc(-c3ccc(Cl)cn3)n2)cc1. The van der Waals surface area contributed by atoms with Gasteiger partial charge in [-0.2, -0.15) is 5.26 Å². The lowest BCUT2D eigenvalue weighted by atomic mass is 10.1. The summed E-state index contributed by atoms with van der Waals surface area (Å²) >= 11 is 7.35. The third kappa shape index (κ3) is 2.55. The van der Waals surface area contributed by atoms with Gasteiger partial charge in [-0.25, -0.2) is 4.98 Å². The Hall–Kier alpha value is -2.22. The molecule has 0 atom stereocenters. The number of hydrogen-bond acceptors (Lipinski definition) is 4. The monoisotopic (exact) mass is 297 g/mol. The molecule has 96 valence electrons. The van der Waals surface area contributed by atoms with E-state index in [9.17, 15) is 0 Å². The van der Waals surface area contributed by atoms with Crippen molar-refractivity contribution in [2.24, 2.45) is 0 Å². The minimum absolute atomic E-state index is 0.609. The standard InChI is InChI=1S/C15H8ClN3S/c16-12-5-6-13(18-8-12)15-19-14(9-20-15)11-3-1-10(7-17)2-4-11/h1-6,8-9H. The van der Waals surface area contributed by atoms with Crippen molar-refractivity contribution in [1.29, 1.82) is 5.26 Å². The van der Waals surface area contributed by atoms with Crippen molar-refractivity contribution in [3.8, 4) is 28.0 Å². The molecule has 0 amide bonds. The third-order valence-electron chi connectivity index (χ3n) is 2.76. The topological polar surface area (TPSA) is 49.6 Å². The molecule has 0 saturated carbocycles. The predicted molar refractivity (Wildman–Crippen MR) is 80.5 cm³/mol. The zero-order valence-electron chi connectivity index (χ0n) is 10.2. The summed E-state index contributed by atoms with van der Waals surface area (Å²) in [5, 5.41) is 12.2. The molecule has 0 aliphatic rings. The fourth-order valence-corrected chi connectivity index (χ4v) is 2.66. The van der Waals surface area contributed by atoms with Gasteiger partial charge in [-0.05, 0) is 24.3 Å². The van der Waals surface area contributed by atoms with Gasteiger partial charge in [0.25, 0.3) is 0 Å². The number of thiazole rings is 1. The minimum atomic E-state index is 0.609. The summed E-state index contributed by atoms with van der Waals surface area (Å²) in [5.41, 5.74) is 3.31. The Morgan fingerprint density at radius 1 is 1.05 bits per heavy atom. The molecule has 3 rings (SSSR count). The molecule has 2 aromatic heterocycles. The summed E-state index contributed by atoms with van der Waals surface area (Å²) in [6, 6.07) is 13.1. The molecule has 0 bridgehead atoms. The second-order valence-electron chi connectivity index (χ2n) is 4.09. The minimum Gasteiger partial charge on any atom is -0.252 e. The van der Waals surface area contributed by atoms with Crippen LogP contribution < -0.4 is 0 Å². The zero-order chi connectivity index (χ0) is 13.9. The van der Waals surface area contributed by atoms with Gasteiger partial charge in [-0.15, -0.1) is 11.3 Å². The average molecular weight is 298 g/mol. The van der Waals surface area contributed by atoms with E-state index in [1.54, 1.807) is 24.4 Å². The fraction of sp³-hybridized carbons (Fsp3) is 0. The Balaban J connectivity index is 1.93. The summed E-state index contributed by atoms with van der Waals surface area (Å²) in [4.78, 5) is 8.82. The van der Waals surface area contributed by atoms with Crippen molar-refractivity contribution >= 4 is 22.9 Å². The molecule has 2 heterocycles. The number of halogens is 1. The van der Waals surface area contributed by atoms with Crippen molar-refractivity contribution in [3.63, 3.8) is 0 Å². The summed E-state index contributed by atoms with van der Waals surface area (Å²) in [7, 11) is 0. The van der Waals surface area contributed by atoms with Crippen LogP contribution in [0.1, 0.15) is 5.56 Å². The lowest BCUT2D eigenvalue weighted by Crippen LogP contribution is -1.83. The quantitative estimate of drug-likeness (QED) is 0.704. The van der Waals surface area contributed by atoms with Gasteiger partial charge in [0.2, 0.25) is 0 Å². The van der Waals surface area contributed by atoms with Gasteiger partial charge in [-0.3, -0.25) is 4.98 Å². The first-order valence-corrected chi connectivity index (χ1v) is 7.10. The molecular formula is C15H8ClN3S. The molecule has 20 heavy (non-hydrogen) atoms. The molecule has 0 aliphatic carbocycles. The summed E-state index contributed by atoms with van der Waals surface area (Å²) in [6.07, 6.45) is 1.61. The van der Waals surface area contributed by atoms with E-state index in [0.29, 0.717) is 10.6 Å². The van der Waals surface area contributed by atoms with Crippen LogP contribution >= 0.6 is 22.9 Å². The van der Waals surface area contributed by atoms with Gasteiger partial charge in [0, 0.05) is 17.1 Å². The average Bonchev–Trinajstić information content (AvgIpc) is 2.98. The highest BCUT2D eigenvalue weighted by Gasteiger charge is 2.07. The Morgan fingerprint density at radius 3 is 2.50 bits per heavy atom. The van der Waals surface area contributed by atoms with Crippen LogP contribution in [0.2, 0.25) is 5.02 Å². The van der Waals surface area contributed by atoms with E-state index in [2.05, 4.69) is 16.0 Å². The molecule has 0 aliphatic heterocycles. The van der Waals surface area contributed by atoms with E-state index >= 15 is 0 Å². The third-order valence-corrected chi connectivity index (χ3v) is 3.85. The largest absolute Gasteiger partial charge is 0.252 e. The van der Waals surface area contributed by atoms with E-state index in [1.807, 2.05) is 23.6 Å². The lowest BCUT2D eigenvalue weighted by Gasteiger charge is -1.97. The van der Waals surface area contributed by atoms with Gasteiger partial charge in [0.15, 0.2) is 0 Å². The van der Waals surface area contributed by atoms with E-state index in [4.69, 9.17) is 16.9 Å². The van der Waals surface area contributed by atoms with Crippen LogP contribution in [0.4, 0.5) is 0 Å². The molecule has 3 aromatic rings. The number of aromatic nitrogens is 2. The maximum Gasteiger partial charge on any atom is 0.142 e. The van der Waals surface area contributed by atoms with Crippen LogP contribution in [0, 0.1) is 11.3 Å². The number of hydrogen-bond donors (Lipinski definition) is 0. The number of nitriles is 1. The number of benzene rings is 1. The van der Waals surface area contributed by atoms with E-state index in [-0.39, 0.29) is 0 Å². The second-order valence-corrected chi connectivity index (χ2v) is 5.38. The molecule has 0 fully saturated rings. The molecule has 0 radical (unpaired) electrons. The maximum atomic E-state index is 8.79. The van der Waals surface area contributed by atoms with Crippen molar-refractivity contribution in [3.05, 3.63) is 58.6 Å². The molecule has 0 unspecified atom stereocenters. The second kappa shape index (κ2) is 5.41. The van der Waals surface area contributed by atoms with Crippen molar-refractivity contribution in [2.45, 2.75) is 0 Å². The molecule has 0 saturated heterocycles. The highest BCUT2D eigenvalue weighted by atomic mass is 35.5. The normalized spacial score (nSPS) is 10.2. The molecular weight excluding hydrogens is 290 g/mol. The van der Waals surface area contributed by atoms with Crippen molar-refractivity contribution < 1.29 is 0 Å². The van der Waals surface area contributed by atoms with Gasteiger partial charge in [-0.1, -0.05) is 23.7 Å². The Labute approximate surface area is 125 Å². The van der Waals surface area contributed by atoms with Crippen molar-refractivity contribution in [1.82, 2.24) is 9.97 Å². The van der Waals surface area contributed by atoms with Gasteiger partial charge in [0.05, 0.1) is 28.0 Å². The maximum absolute atomic E-state index is 8.79. The molecule has 5 heteroatoms.